The molecule has 0 spiro atoms. The molecule has 2 rings (SSSR count). The molecular weight excluding hydrogens is 128 g/mol. The highest BCUT2D eigenvalue weighted by molar-refractivity contribution is 5.76. The van der Waals surface area contributed by atoms with Crippen LogP contribution in [0.25, 0.3) is 0 Å². The number of amides is 1. The minimum absolute atomic E-state index is 0.101. The first-order valence-corrected chi connectivity index (χ1v) is 3.27. The van der Waals surface area contributed by atoms with Gasteiger partial charge >= 0.3 is 0 Å². The summed E-state index contributed by atoms with van der Waals surface area (Å²) < 4.78 is 1.96. The topological polar surface area (TPSA) is 34.0 Å². The molecule has 0 saturated heterocycles. The van der Waals surface area contributed by atoms with Gasteiger partial charge in [-0.05, 0) is 12.1 Å². The van der Waals surface area contributed by atoms with E-state index < -0.39 is 0 Å². The Morgan fingerprint density at radius 2 is 2.50 bits per heavy atom. The summed E-state index contributed by atoms with van der Waals surface area (Å²) in [5.41, 5.74) is 1.18. The van der Waals surface area contributed by atoms with Crippen molar-refractivity contribution in [3.05, 3.63) is 24.0 Å². The zero-order valence-electron chi connectivity index (χ0n) is 5.50. The molecule has 0 saturated carbocycles. The second kappa shape index (κ2) is 1.87. The van der Waals surface area contributed by atoms with Gasteiger partial charge in [-0.25, -0.2) is 0 Å². The molecule has 1 aromatic rings. The number of nitrogens with one attached hydrogen (secondary N) is 1. The Labute approximate surface area is 58.7 Å². The Kier molecular flexibility index (Phi) is 1.03. The van der Waals surface area contributed by atoms with Crippen LogP contribution in [0.2, 0.25) is 0 Å². The monoisotopic (exact) mass is 136 g/mol. The maximum atomic E-state index is 10.8. The van der Waals surface area contributed by atoms with E-state index in [0.717, 1.165) is 0 Å². The van der Waals surface area contributed by atoms with E-state index in [1.807, 2.05) is 22.9 Å². The molecular formula is C7H8N2O. The van der Waals surface area contributed by atoms with Gasteiger partial charge in [0.05, 0.1) is 6.54 Å². The third-order valence-electron chi connectivity index (χ3n) is 1.70. The summed E-state index contributed by atoms with van der Waals surface area (Å²) in [4.78, 5) is 10.8. The Bertz CT molecular complexity index is 264. The fourth-order valence-electron chi connectivity index (χ4n) is 1.16. The summed E-state index contributed by atoms with van der Waals surface area (Å²) in [6.07, 6.45) is 1.92. The minimum Gasteiger partial charge on any atom is -0.349 e. The van der Waals surface area contributed by atoms with Crippen LogP contribution < -0.4 is 5.32 Å². The molecule has 0 atom stereocenters. The van der Waals surface area contributed by atoms with Crippen molar-refractivity contribution in [2.45, 2.75) is 13.1 Å². The number of nitrogens with zero attached hydrogens (tertiary/aromatic N) is 1. The Morgan fingerprint density at radius 1 is 1.60 bits per heavy atom. The number of hydrogen-bond acceptors (Lipinski definition) is 1. The second-order valence-corrected chi connectivity index (χ2v) is 2.40. The van der Waals surface area contributed by atoms with E-state index >= 15 is 0 Å². The van der Waals surface area contributed by atoms with Crippen LogP contribution in [0, 0.1) is 0 Å². The summed E-state index contributed by atoms with van der Waals surface area (Å²) in [7, 11) is 0. The third-order valence-corrected chi connectivity index (χ3v) is 1.70. The number of rotatable bonds is 0. The molecule has 0 bridgehead atoms. The number of hydrogen-bond donors (Lipinski definition) is 1. The van der Waals surface area contributed by atoms with Gasteiger partial charge in [0.2, 0.25) is 5.91 Å². The van der Waals surface area contributed by atoms with Crippen LogP contribution in [0.1, 0.15) is 5.69 Å². The van der Waals surface area contributed by atoms with Crippen molar-refractivity contribution in [2.75, 3.05) is 0 Å². The van der Waals surface area contributed by atoms with Crippen LogP contribution in [0.15, 0.2) is 18.3 Å². The molecule has 0 fully saturated rings. The highest BCUT2D eigenvalue weighted by Gasteiger charge is 2.11. The number of fused-ring (bicyclic) bond motifs is 1. The maximum absolute atomic E-state index is 10.8. The Morgan fingerprint density at radius 3 is 3.40 bits per heavy atom. The van der Waals surface area contributed by atoms with Crippen LogP contribution >= 0.6 is 0 Å². The van der Waals surface area contributed by atoms with Crippen LogP contribution in [-0.4, -0.2) is 10.5 Å². The van der Waals surface area contributed by atoms with E-state index in [-0.39, 0.29) is 5.91 Å². The number of carbonyl (C=O) groups is 1. The summed E-state index contributed by atoms with van der Waals surface area (Å²) in [5.74, 6) is 0.101. The maximum Gasteiger partial charge on any atom is 0.240 e. The smallest absolute Gasteiger partial charge is 0.240 e. The largest absolute Gasteiger partial charge is 0.349 e. The molecule has 1 N–H and O–H groups in total. The normalized spacial score (nSPS) is 16.2. The van der Waals surface area contributed by atoms with E-state index in [0.29, 0.717) is 13.1 Å². The Hall–Kier alpha value is -1.25. The lowest BCUT2D eigenvalue weighted by Crippen LogP contribution is -2.33. The predicted molar refractivity (Wildman–Crippen MR) is 36.3 cm³/mol. The van der Waals surface area contributed by atoms with Crippen molar-refractivity contribution in [3.63, 3.8) is 0 Å². The molecule has 1 aliphatic heterocycles. The van der Waals surface area contributed by atoms with E-state index in [2.05, 4.69) is 5.32 Å². The second-order valence-electron chi connectivity index (χ2n) is 2.40. The highest BCUT2D eigenvalue weighted by atomic mass is 16.2. The molecule has 0 radical (unpaired) electrons. The summed E-state index contributed by atoms with van der Waals surface area (Å²) in [6.45, 7) is 1.15. The van der Waals surface area contributed by atoms with Crippen molar-refractivity contribution >= 4 is 5.91 Å². The summed E-state index contributed by atoms with van der Waals surface area (Å²) in [5, 5.41) is 2.76. The van der Waals surface area contributed by atoms with E-state index in [4.69, 9.17) is 0 Å². The van der Waals surface area contributed by atoms with Gasteiger partial charge in [-0.1, -0.05) is 0 Å². The molecule has 10 heavy (non-hydrogen) atoms. The van der Waals surface area contributed by atoms with Crippen LogP contribution in [0.5, 0.6) is 0 Å². The number of carbonyl (C=O) groups excluding carboxylic acids is 1. The molecule has 1 aromatic heterocycles. The average molecular weight is 136 g/mol. The molecule has 2 heterocycles. The van der Waals surface area contributed by atoms with Gasteiger partial charge in [-0.15, -0.1) is 0 Å². The fourth-order valence-corrected chi connectivity index (χ4v) is 1.16. The van der Waals surface area contributed by atoms with Gasteiger partial charge in [-0.3, -0.25) is 4.79 Å². The molecule has 3 heteroatoms. The lowest BCUT2D eigenvalue weighted by Gasteiger charge is -2.15. The SMILES string of the molecule is O=C1Cn2cccc2CN1. The third kappa shape index (κ3) is 0.708. The molecule has 0 aromatic carbocycles. The van der Waals surface area contributed by atoms with Crippen LogP contribution in [-0.2, 0) is 17.9 Å². The first-order valence-electron chi connectivity index (χ1n) is 3.27. The van der Waals surface area contributed by atoms with Gasteiger partial charge in [0, 0.05) is 11.9 Å². The first-order chi connectivity index (χ1) is 4.86. The van der Waals surface area contributed by atoms with Gasteiger partial charge in [0.25, 0.3) is 0 Å². The fraction of sp³-hybridized carbons (Fsp3) is 0.286. The van der Waals surface area contributed by atoms with Gasteiger partial charge in [-0.2, -0.15) is 0 Å². The van der Waals surface area contributed by atoms with Gasteiger partial charge in [0.15, 0.2) is 0 Å². The van der Waals surface area contributed by atoms with Crippen molar-refractivity contribution in [1.29, 1.82) is 0 Å². The molecule has 1 amide bonds. The van der Waals surface area contributed by atoms with Gasteiger partial charge < -0.3 is 9.88 Å². The van der Waals surface area contributed by atoms with E-state index in [9.17, 15) is 4.79 Å². The quantitative estimate of drug-likeness (QED) is 0.540. The summed E-state index contributed by atoms with van der Waals surface area (Å²) >= 11 is 0. The predicted octanol–water partition coefficient (Wildman–Crippen LogP) is 0.118. The highest BCUT2D eigenvalue weighted by Crippen LogP contribution is 2.05. The number of aromatic nitrogens is 1. The van der Waals surface area contributed by atoms with Crippen molar-refractivity contribution in [3.8, 4) is 0 Å². The lowest BCUT2D eigenvalue weighted by atomic mass is 10.3. The Balaban J connectivity index is 2.39. The average Bonchev–Trinajstić information content (AvgIpc) is 2.33. The molecule has 0 aliphatic carbocycles. The van der Waals surface area contributed by atoms with E-state index in [1.165, 1.54) is 5.69 Å². The van der Waals surface area contributed by atoms with Crippen LogP contribution in [0.4, 0.5) is 0 Å². The molecule has 0 unspecified atom stereocenters. The van der Waals surface area contributed by atoms with E-state index in [1.54, 1.807) is 0 Å². The summed E-state index contributed by atoms with van der Waals surface area (Å²) in [6, 6.07) is 3.97. The zero-order valence-corrected chi connectivity index (χ0v) is 5.50. The van der Waals surface area contributed by atoms with Gasteiger partial charge in [0.1, 0.15) is 6.54 Å². The first kappa shape index (κ1) is 5.53. The minimum atomic E-state index is 0.101. The standard InChI is InChI=1S/C7H8N2O/c10-7-5-9-3-1-2-6(9)4-8-7/h1-3H,4-5H2,(H,8,10). The molecule has 3 nitrogen and oxygen atoms in total. The molecule has 52 valence electrons. The van der Waals surface area contributed by atoms with Crippen molar-refractivity contribution in [1.82, 2.24) is 9.88 Å². The van der Waals surface area contributed by atoms with Crippen LogP contribution in [0.3, 0.4) is 0 Å². The lowest BCUT2D eigenvalue weighted by molar-refractivity contribution is -0.122. The van der Waals surface area contributed by atoms with Crippen molar-refractivity contribution in [2.24, 2.45) is 0 Å². The molecule has 1 aliphatic rings. The van der Waals surface area contributed by atoms with Crippen molar-refractivity contribution < 1.29 is 4.79 Å². The zero-order chi connectivity index (χ0) is 6.97.